The van der Waals surface area contributed by atoms with Crippen molar-refractivity contribution in [3.8, 4) is 0 Å². The van der Waals surface area contributed by atoms with Crippen LogP contribution >= 0.6 is 0 Å². The van der Waals surface area contributed by atoms with E-state index < -0.39 is 5.60 Å². The number of pyridine rings is 1. The van der Waals surface area contributed by atoms with Crippen LogP contribution in [0, 0.1) is 11.8 Å². The summed E-state index contributed by atoms with van der Waals surface area (Å²) in [6.45, 7) is 4.50. The van der Waals surface area contributed by atoms with Gasteiger partial charge in [-0.25, -0.2) is 0 Å². The maximum absolute atomic E-state index is 12.5. The lowest BCUT2D eigenvalue weighted by atomic mass is 9.70. The number of aromatic nitrogens is 1. The highest BCUT2D eigenvalue weighted by atomic mass is 16.5. The van der Waals surface area contributed by atoms with E-state index in [2.05, 4.69) is 4.98 Å². The lowest BCUT2D eigenvalue weighted by Gasteiger charge is -2.48. The number of amides is 1. The number of carbonyl (C=O) groups excluding carboxylic acids is 1. The molecule has 2 aliphatic heterocycles. The Kier molecular flexibility index (Phi) is 4.55. The first-order chi connectivity index (χ1) is 11.0. The third kappa shape index (κ3) is 3.19. The van der Waals surface area contributed by atoms with Gasteiger partial charge in [-0.15, -0.1) is 0 Å². The molecule has 0 aromatic carbocycles. The highest BCUT2D eigenvalue weighted by Gasteiger charge is 2.46. The van der Waals surface area contributed by atoms with Crippen molar-refractivity contribution in [3.63, 3.8) is 0 Å². The van der Waals surface area contributed by atoms with Crippen molar-refractivity contribution >= 4 is 5.91 Å². The normalized spacial score (nSPS) is 29.5. The Labute approximate surface area is 135 Å². The minimum atomic E-state index is -0.717. The molecule has 0 aliphatic carbocycles. The summed E-state index contributed by atoms with van der Waals surface area (Å²) in [5.41, 5.74) is -0.457. The van der Waals surface area contributed by atoms with Crippen LogP contribution in [0.15, 0.2) is 23.1 Å². The van der Waals surface area contributed by atoms with Crippen molar-refractivity contribution in [1.29, 1.82) is 0 Å². The van der Waals surface area contributed by atoms with Crippen LogP contribution in [-0.2, 0) is 4.74 Å². The zero-order valence-electron chi connectivity index (χ0n) is 13.5. The topological polar surface area (TPSA) is 82.6 Å². The van der Waals surface area contributed by atoms with Gasteiger partial charge in [0.15, 0.2) is 0 Å². The number of aliphatic hydroxyl groups is 1. The summed E-state index contributed by atoms with van der Waals surface area (Å²) < 4.78 is 5.39. The monoisotopic (exact) mass is 320 g/mol. The number of hydrogen-bond donors (Lipinski definition) is 2. The van der Waals surface area contributed by atoms with E-state index >= 15 is 0 Å². The molecule has 1 amide bonds. The van der Waals surface area contributed by atoms with Gasteiger partial charge in [0.25, 0.3) is 5.91 Å². The van der Waals surface area contributed by atoms with Gasteiger partial charge in [-0.05, 0) is 31.2 Å². The molecule has 3 heterocycles. The van der Waals surface area contributed by atoms with Crippen LogP contribution in [-0.4, -0.2) is 52.8 Å². The van der Waals surface area contributed by atoms with E-state index in [1.807, 2.05) is 6.92 Å². The predicted molar refractivity (Wildman–Crippen MR) is 85.2 cm³/mol. The summed E-state index contributed by atoms with van der Waals surface area (Å²) in [5, 5.41) is 11.1. The standard InChI is InChI=1S/C17H24N2O4/c1-12-11-19(16(21)13-2-3-15(20)18-10-13)7-6-17(12,22)14-4-8-23-9-5-14/h2-3,10,12,14,22H,4-9,11H2,1H3,(H,18,20)/t12-,17+/m1/s1. The summed E-state index contributed by atoms with van der Waals surface area (Å²) in [7, 11) is 0. The number of hydrogen-bond acceptors (Lipinski definition) is 4. The molecule has 2 aliphatic rings. The molecule has 1 aromatic heterocycles. The molecule has 6 nitrogen and oxygen atoms in total. The molecule has 0 bridgehead atoms. The Morgan fingerprint density at radius 1 is 1.39 bits per heavy atom. The molecule has 126 valence electrons. The molecule has 2 fully saturated rings. The zero-order valence-corrected chi connectivity index (χ0v) is 13.5. The zero-order chi connectivity index (χ0) is 16.4. The summed E-state index contributed by atoms with van der Waals surface area (Å²) in [6.07, 6.45) is 3.81. The second kappa shape index (κ2) is 6.45. The number of rotatable bonds is 2. The van der Waals surface area contributed by atoms with Crippen LogP contribution in [0.4, 0.5) is 0 Å². The van der Waals surface area contributed by atoms with E-state index in [0.717, 1.165) is 12.8 Å². The molecule has 2 saturated heterocycles. The number of likely N-dealkylation sites (tertiary alicyclic amines) is 1. The van der Waals surface area contributed by atoms with Gasteiger partial charge in [0.05, 0.1) is 11.2 Å². The Bertz CT molecular complexity index is 603. The van der Waals surface area contributed by atoms with E-state index in [-0.39, 0.29) is 23.3 Å². The highest BCUT2D eigenvalue weighted by Crippen LogP contribution is 2.39. The maximum atomic E-state index is 12.5. The number of ether oxygens (including phenoxy) is 1. The molecule has 0 saturated carbocycles. The molecule has 2 atom stereocenters. The van der Waals surface area contributed by atoms with Crippen LogP contribution in [0.25, 0.3) is 0 Å². The Morgan fingerprint density at radius 3 is 2.74 bits per heavy atom. The third-order valence-electron chi connectivity index (χ3n) is 5.38. The SMILES string of the molecule is C[C@@H]1CN(C(=O)c2ccc(=O)[nH]c2)CC[C@@]1(O)C1CCOCC1. The summed E-state index contributed by atoms with van der Waals surface area (Å²) in [5.74, 6) is 0.171. The molecule has 6 heteroatoms. The first kappa shape index (κ1) is 16.2. The minimum Gasteiger partial charge on any atom is -0.389 e. The van der Waals surface area contributed by atoms with Gasteiger partial charge in [0, 0.05) is 44.5 Å². The first-order valence-electron chi connectivity index (χ1n) is 8.29. The lowest BCUT2D eigenvalue weighted by Crippen LogP contribution is -2.56. The summed E-state index contributed by atoms with van der Waals surface area (Å²) in [4.78, 5) is 28.0. The van der Waals surface area contributed by atoms with Crippen LogP contribution in [0.3, 0.4) is 0 Å². The Balaban J connectivity index is 1.69. The minimum absolute atomic E-state index is 0.0195. The van der Waals surface area contributed by atoms with Gasteiger partial charge >= 0.3 is 0 Å². The number of carbonyl (C=O) groups is 1. The predicted octanol–water partition coefficient (Wildman–Crippen LogP) is 1.01. The van der Waals surface area contributed by atoms with Gasteiger partial charge in [0.1, 0.15) is 0 Å². The van der Waals surface area contributed by atoms with Crippen LogP contribution < -0.4 is 5.56 Å². The molecular formula is C17H24N2O4. The van der Waals surface area contributed by atoms with Gasteiger partial charge in [-0.3, -0.25) is 9.59 Å². The average Bonchev–Trinajstić information content (AvgIpc) is 2.58. The maximum Gasteiger partial charge on any atom is 0.255 e. The van der Waals surface area contributed by atoms with E-state index in [4.69, 9.17) is 4.74 Å². The number of aromatic amines is 1. The molecule has 2 N–H and O–H groups in total. The largest absolute Gasteiger partial charge is 0.389 e. The molecule has 23 heavy (non-hydrogen) atoms. The second-order valence-corrected chi connectivity index (χ2v) is 6.72. The van der Waals surface area contributed by atoms with Crippen LogP contribution in [0.2, 0.25) is 0 Å². The molecule has 0 spiro atoms. The number of piperidine rings is 1. The molecular weight excluding hydrogens is 296 g/mol. The Hall–Kier alpha value is -1.66. The fraction of sp³-hybridized carbons (Fsp3) is 0.647. The average molecular weight is 320 g/mol. The van der Waals surface area contributed by atoms with E-state index in [9.17, 15) is 14.7 Å². The van der Waals surface area contributed by atoms with Crippen molar-refractivity contribution in [1.82, 2.24) is 9.88 Å². The smallest absolute Gasteiger partial charge is 0.255 e. The van der Waals surface area contributed by atoms with Crippen LogP contribution in [0.5, 0.6) is 0 Å². The second-order valence-electron chi connectivity index (χ2n) is 6.72. The van der Waals surface area contributed by atoms with Crippen molar-refractivity contribution in [2.45, 2.75) is 31.8 Å². The van der Waals surface area contributed by atoms with E-state index in [1.54, 1.807) is 11.0 Å². The van der Waals surface area contributed by atoms with E-state index in [1.165, 1.54) is 12.3 Å². The fourth-order valence-corrected chi connectivity index (χ4v) is 3.86. The summed E-state index contributed by atoms with van der Waals surface area (Å²) in [6, 6.07) is 2.91. The van der Waals surface area contributed by atoms with Gasteiger partial charge in [-0.2, -0.15) is 0 Å². The number of nitrogens with zero attached hydrogens (tertiary/aromatic N) is 1. The fourth-order valence-electron chi connectivity index (χ4n) is 3.86. The molecule has 1 aromatic rings. The van der Waals surface area contributed by atoms with Gasteiger partial charge < -0.3 is 19.7 Å². The van der Waals surface area contributed by atoms with Gasteiger partial charge in [-0.1, -0.05) is 6.92 Å². The third-order valence-corrected chi connectivity index (χ3v) is 5.38. The van der Waals surface area contributed by atoms with E-state index in [0.29, 0.717) is 38.3 Å². The number of H-pyrrole nitrogens is 1. The van der Waals surface area contributed by atoms with Crippen molar-refractivity contribution in [2.75, 3.05) is 26.3 Å². The first-order valence-corrected chi connectivity index (χ1v) is 8.29. The molecule has 3 rings (SSSR count). The van der Waals surface area contributed by atoms with Crippen LogP contribution in [0.1, 0.15) is 36.5 Å². The highest BCUT2D eigenvalue weighted by molar-refractivity contribution is 5.93. The molecule has 0 unspecified atom stereocenters. The molecule has 0 radical (unpaired) electrons. The van der Waals surface area contributed by atoms with Gasteiger partial charge in [0.2, 0.25) is 5.56 Å². The Morgan fingerprint density at radius 2 is 2.13 bits per heavy atom. The lowest BCUT2D eigenvalue weighted by molar-refractivity contribution is -0.125. The van der Waals surface area contributed by atoms with Crippen molar-refractivity contribution in [2.24, 2.45) is 11.8 Å². The van der Waals surface area contributed by atoms with Crippen molar-refractivity contribution < 1.29 is 14.6 Å². The van der Waals surface area contributed by atoms with Crippen molar-refractivity contribution in [3.05, 3.63) is 34.2 Å². The number of nitrogens with one attached hydrogen (secondary N) is 1. The summed E-state index contributed by atoms with van der Waals surface area (Å²) >= 11 is 0. The quantitative estimate of drug-likeness (QED) is 0.852.